The number of ether oxygens (including phenoxy) is 2. The highest BCUT2D eigenvalue weighted by Gasteiger charge is 2.20. The van der Waals surface area contributed by atoms with Gasteiger partial charge >= 0.3 is 0 Å². The molecular formula is C15H21N3O2. The SMILES string of the molecule is CCn1ncc(OC)c1C(N)c1ccc(C)c(OC)c1. The van der Waals surface area contributed by atoms with Crippen molar-refractivity contribution in [2.75, 3.05) is 14.2 Å². The molecule has 2 aromatic rings. The summed E-state index contributed by atoms with van der Waals surface area (Å²) in [7, 11) is 3.29. The van der Waals surface area contributed by atoms with Gasteiger partial charge in [-0.15, -0.1) is 0 Å². The molecule has 0 radical (unpaired) electrons. The van der Waals surface area contributed by atoms with Gasteiger partial charge in [-0.2, -0.15) is 5.10 Å². The Bertz CT molecular complexity index is 571. The lowest BCUT2D eigenvalue weighted by molar-refractivity contribution is 0.403. The van der Waals surface area contributed by atoms with Crippen LogP contribution in [0.2, 0.25) is 0 Å². The fourth-order valence-corrected chi connectivity index (χ4v) is 2.29. The van der Waals surface area contributed by atoms with Crippen molar-refractivity contribution < 1.29 is 9.47 Å². The summed E-state index contributed by atoms with van der Waals surface area (Å²) in [6.45, 7) is 4.78. The second-order valence-corrected chi connectivity index (χ2v) is 4.62. The van der Waals surface area contributed by atoms with Crippen molar-refractivity contribution >= 4 is 0 Å². The van der Waals surface area contributed by atoms with Gasteiger partial charge in [-0.3, -0.25) is 4.68 Å². The van der Waals surface area contributed by atoms with E-state index < -0.39 is 0 Å². The van der Waals surface area contributed by atoms with Crippen molar-refractivity contribution in [1.82, 2.24) is 9.78 Å². The van der Waals surface area contributed by atoms with Crippen molar-refractivity contribution in [2.45, 2.75) is 26.4 Å². The molecule has 0 fully saturated rings. The molecule has 0 aliphatic carbocycles. The predicted octanol–water partition coefficient (Wildman–Crippen LogP) is 2.28. The lowest BCUT2D eigenvalue weighted by Gasteiger charge is -2.17. The minimum Gasteiger partial charge on any atom is -0.496 e. The molecule has 1 unspecified atom stereocenters. The highest BCUT2D eigenvalue weighted by atomic mass is 16.5. The van der Waals surface area contributed by atoms with Crippen molar-refractivity contribution in [3.05, 3.63) is 41.2 Å². The number of methoxy groups -OCH3 is 2. The Kier molecular flexibility index (Phi) is 4.29. The summed E-state index contributed by atoms with van der Waals surface area (Å²) in [6.07, 6.45) is 1.70. The van der Waals surface area contributed by atoms with Crippen molar-refractivity contribution in [3.8, 4) is 11.5 Å². The van der Waals surface area contributed by atoms with Crippen molar-refractivity contribution in [1.29, 1.82) is 0 Å². The molecule has 5 heteroatoms. The average molecular weight is 275 g/mol. The van der Waals surface area contributed by atoms with E-state index in [-0.39, 0.29) is 6.04 Å². The Morgan fingerprint density at radius 2 is 1.95 bits per heavy atom. The Morgan fingerprint density at radius 3 is 2.55 bits per heavy atom. The molecule has 108 valence electrons. The van der Waals surface area contributed by atoms with E-state index in [2.05, 4.69) is 5.10 Å². The molecule has 5 nitrogen and oxygen atoms in total. The van der Waals surface area contributed by atoms with Gasteiger partial charge in [0.15, 0.2) is 5.75 Å². The first-order valence-electron chi connectivity index (χ1n) is 6.62. The summed E-state index contributed by atoms with van der Waals surface area (Å²) in [5.74, 6) is 1.54. The van der Waals surface area contributed by atoms with E-state index in [9.17, 15) is 0 Å². The molecule has 0 aliphatic heterocycles. The lowest BCUT2D eigenvalue weighted by Crippen LogP contribution is -2.18. The maximum atomic E-state index is 6.39. The second kappa shape index (κ2) is 5.96. The number of hydrogen-bond acceptors (Lipinski definition) is 4. The minimum atomic E-state index is -0.304. The maximum Gasteiger partial charge on any atom is 0.161 e. The molecule has 1 atom stereocenters. The van der Waals surface area contributed by atoms with E-state index in [1.165, 1.54) is 0 Å². The first kappa shape index (κ1) is 14.4. The zero-order chi connectivity index (χ0) is 14.7. The third kappa shape index (κ3) is 2.49. The van der Waals surface area contributed by atoms with Crippen LogP contribution in [0.5, 0.6) is 11.5 Å². The van der Waals surface area contributed by atoms with E-state index >= 15 is 0 Å². The fourth-order valence-electron chi connectivity index (χ4n) is 2.29. The molecule has 0 bridgehead atoms. The summed E-state index contributed by atoms with van der Waals surface area (Å²) in [6, 6.07) is 5.68. The lowest BCUT2D eigenvalue weighted by atomic mass is 10.0. The largest absolute Gasteiger partial charge is 0.496 e. The first-order chi connectivity index (χ1) is 9.62. The van der Waals surface area contributed by atoms with Crippen LogP contribution in [-0.4, -0.2) is 24.0 Å². The fraction of sp³-hybridized carbons (Fsp3) is 0.400. The smallest absolute Gasteiger partial charge is 0.161 e. The van der Waals surface area contributed by atoms with Gasteiger partial charge in [0.25, 0.3) is 0 Å². The third-order valence-electron chi connectivity index (χ3n) is 3.45. The van der Waals surface area contributed by atoms with Gasteiger partial charge in [0.05, 0.1) is 26.5 Å². The Hall–Kier alpha value is -2.01. The second-order valence-electron chi connectivity index (χ2n) is 4.62. The van der Waals surface area contributed by atoms with E-state index in [1.54, 1.807) is 20.4 Å². The summed E-state index contributed by atoms with van der Waals surface area (Å²) < 4.78 is 12.6. The average Bonchev–Trinajstić information content (AvgIpc) is 2.89. The zero-order valence-electron chi connectivity index (χ0n) is 12.4. The van der Waals surface area contributed by atoms with Gasteiger partial charge in [-0.05, 0) is 31.0 Å². The van der Waals surface area contributed by atoms with Gasteiger partial charge in [-0.25, -0.2) is 0 Å². The summed E-state index contributed by atoms with van der Waals surface area (Å²) in [5.41, 5.74) is 9.32. The quantitative estimate of drug-likeness (QED) is 0.909. The van der Waals surface area contributed by atoms with E-state index in [0.29, 0.717) is 5.75 Å². The van der Waals surface area contributed by atoms with Crippen molar-refractivity contribution in [2.24, 2.45) is 5.73 Å². The number of benzene rings is 1. The molecule has 2 N–H and O–H groups in total. The van der Waals surface area contributed by atoms with Crippen LogP contribution in [0.3, 0.4) is 0 Å². The summed E-state index contributed by atoms with van der Waals surface area (Å²) in [5, 5.41) is 4.29. The maximum absolute atomic E-state index is 6.39. The topological polar surface area (TPSA) is 62.3 Å². The minimum absolute atomic E-state index is 0.304. The number of nitrogens with zero attached hydrogens (tertiary/aromatic N) is 2. The summed E-state index contributed by atoms with van der Waals surface area (Å²) in [4.78, 5) is 0. The van der Waals surface area contributed by atoms with Gasteiger partial charge < -0.3 is 15.2 Å². The van der Waals surface area contributed by atoms with Crippen LogP contribution < -0.4 is 15.2 Å². The number of nitrogens with two attached hydrogens (primary N) is 1. The van der Waals surface area contributed by atoms with E-state index in [1.807, 2.05) is 36.7 Å². The highest BCUT2D eigenvalue weighted by molar-refractivity contribution is 5.42. The molecule has 20 heavy (non-hydrogen) atoms. The Morgan fingerprint density at radius 1 is 1.25 bits per heavy atom. The van der Waals surface area contributed by atoms with Gasteiger partial charge in [0.2, 0.25) is 0 Å². The Balaban J connectivity index is 2.45. The van der Waals surface area contributed by atoms with E-state index in [4.69, 9.17) is 15.2 Å². The Labute approximate surface area is 119 Å². The number of rotatable bonds is 5. The van der Waals surface area contributed by atoms with Crippen molar-refractivity contribution in [3.63, 3.8) is 0 Å². The normalized spacial score (nSPS) is 12.2. The molecule has 0 saturated heterocycles. The number of aryl methyl sites for hydroxylation is 2. The number of hydrogen-bond donors (Lipinski definition) is 1. The standard InChI is InChI=1S/C15H21N3O2/c1-5-18-15(13(20-4)9-17-18)14(16)11-7-6-10(2)12(8-11)19-3/h6-9,14H,5,16H2,1-4H3. The van der Waals surface area contributed by atoms with Gasteiger partial charge in [0, 0.05) is 6.54 Å². The number of aromatic nitrogens is 2. The molecule has 1 aromatic carbocycles. The van der Waals surface area contributed by atoms with Crippen LogP contribution in [0.1, 0.15) is 29.8 Å². The summed E-state index contributed by atoms with van der Waals surface area (Å²) >= 11 is 0. The van der Waals surface area contributed by atoms with Crippen LogP contribution in [0.25, 0.3) is 0 Å². The molecule has 1 aromatic heterocycles. The van der Waals surface area contributed by atoms with Gasteiger partial charge in [-0.1, -0.05) is 12.1 Å². The van der Waals surface area contributed by atoms with Crippen LogP contribution in [0, 0.1) is 6.92 Å². The molecular weight excluding hydrogens is 254 g/mol. The zero-order valence-corrected chi connectivity index (χ0v) is 12.4. The molecule has 2 rings (SSSR count). The highest BCUT2D eigenvalue weighted by Crippen LogP contribution is 2.30. The van der Waals surface area contributed by atoms with Crippen LogP contribution in [0.15, 0.2) is 24.4 Å². The van der Waals surface area contributed by atoms with Crippen LogP contribution >= 0.6 is 0 Å². The molecule has 0 saturated carbocycles. The monoisotopic (exact) mass is 275 g/mol. The predicted molar refractivity (Wildman–Crippen MR) is 78.2 cm³/mol. The first-order valence-corrected chi connectivity index (χ1v) is 6.62. The van der Waals surface area contributed by atoms with Crippen LogP contribution in [0.4, 0.5) is 0 Å². The van der Waals surface area contributed by atoms with Crippen LogP contribution in [-0.2, 0) is 6.54 Å². The molecule has 1 heterocycles. The van der Waals surface area contributed by atoms with Gasteiger partial charge in [0.1, 0.15) is 11.4 Å². The molecule has 0 spiro atoms. The third-order valence-corrected chi connectivity index (χ3v) is 3.45. The molecule has 0 aliphatic rings. The molecule has 0 amide bonds. The van der Waals surface area contributed by atoms with E-state index in [0.717, 1.165) is 29.1 Å².